The predicted molar refractivity (Wildman–Crippen MR) is 114 cm³/mol. The molecule has 2 aromatic carbocycles. The third kappa shape index (κ3) is 3.69. The molecule has 1 aliphatic heterocycles. The van der Waals surface area contributed by atoms with Crippen molar-refractivity contribution in [3.05, 3.63) is 74.3 Å². The molecule has 0 atom stereocenters. The molecule has 1 aliphatic rings. The average Bonchev–Trinajstić information content (AvgIpc) is 3.21. The van der Waals surface area contributed by atoms with Crippen molar-refractivity contribution in [1.29, 1.82) is 0 Å². The molecule has 0 fully saturated rings. The van der Waals surface area contributed by atoms with E-state index < -0.39 is 33.3 Å². The number of benzene rings is 2. The van der Waals surface area contributed by atoms with E-state index in [4.69, 9.17) is 0 Å². The lowest BCUT2D eigenvalue weighted by atomic mass is 10.1. The first-order valence-corrected chi connectivity index (χ1v) is 10.5. The van der Waals surface area contributed by atoms with E-state index in [0.717, 1.165) is 16.9 Å². The number of nitro benzene ring substituents is 1. The summed E-state index contributed by atoms with van der Waals surface area (Å²) >= 11 is 0.808. The number of hydrogen-bond acceptors (Lipinski definition) is 8. The molecule has 0 N–H and O–H groups in total. The lowest BCUT2D eigenvalue weighted by molar-refractivity contribution is -0.383. The normalized spacial score (nSPS) is 13.8. The molecule has 0 saturated heterocycles. The molecule has 3 heterocycles. The largest absolute Gasteiger partial charge is 0.416 e. The van der Waals surface area contributed by atoms with Crippen LogP contribution in [-0.4, -0.2) is 31.2 Å². The van der Waals surface area contributed by atoms with Crippen LogP contribution in [0.15, 0.2) is 47.3 Å². The molecule has 0 radical (unpaired) electrons. The van der Waals surface area contributed by atoms with Crippen molar-refractivity contribution in [3.8, 4) is 11.4 Å². The zero-order valence-electron chi connectivity index (χ0n) is 16.6. The minimum atomic E-state index is -4.83. The van der Waals surface area contributed by atoms with Crippen molar-refractivity contribution >= 4 is 32.2 Å². The first-order chi connectivity index (χ1) is 15.7. The molecule has 0 amide bonds. The van der Waals surface area contributed by atoms with E-state index in [0.29, 0.717) is 36.9 Å². The second kappa shape index (κ2) is 7.62. The fraction of sp³-hybridized carbons (Fsp3) is 0.200. The number of alkyl halides is 3. The summed E-state index contributed by atoms with van der Waals surface area (Å²) in [6.07, 6.45) is -4.83. The van der Waals surface area contributed by atoms with Crippen molar-refractivity contribution in [3.63, 3.8) is 0 Å². The number of nitro groups is 1. The van der Waals surface area contributed by atoms with E-state index in [-0.39, 0.29) is 16.4 Å². The summed E-state index contributed by atoms with van der Waals surface area (Å²) in [6, 6.07) is 10.5. The molecule has 4 aromatic rings. The predicted octanol–water partition coefficient (Wildman–Crippen LogP) is 3.86. The van der Waals surface area contributed by atoms with Crippen LogP contribution in [0.1, 0.15) is 11.4 Å². The highest BCUT2D eigenvalue weighted by molar-refractivity contribution is 7.22. The zero-order chi connectivity index (χ0) is 23.3. The quantitative estimate of drug-likeness (QED) is 0.328. The van der Waals surface area contributed by atoms with E-state index in [1.807, 2.05) is 34.9 Å². The highest BCUT2D eigenvalue weighted by Gasteiger charge is 2.34. The topological polar surface area (TPSA) is 107 Å². The van der Waals surface area contributed by atoms with Crippen molar-refractivity contribution in [2.24, 2.45) is 0 Å². The van der Waals surface area contributed by atoms with Crippen LogP contribution in [-0.2, 0) is 19.3 Å². The van der Waals surface area contributed by atoms with Crippen LogP contribution in [0, 0.1) is 10.1 Å². The number of halogens is 3. The minimum Gasteiger partial charge on any atom is -0.339 e. The second-order valence-electron chi connectivity index (χ2n) is 7.31. The van der Waals surface area contributed by atoms with E-state index in [1.54, 1.807) is 4.90 Å². The van der Waals surface area contributed by atoms with Gasteiger partial charge in [-0.3, -0.25) is 14.9 Å². The van der Waals surface area contributed by atoms with Gasteiger partial charge in [-0.25, -0.2) is 0 Å². The van der Waals surface area contributed by atoms with Gasteiger partial charge in [0.2, 0.25) is 0 Å². The molecule has 33 heavy (non-hydrogen) atoms. The third-order valence-corrected chi connectivity index (χ3v) is 6.44. The first-order valence-electron chi connectivity index (χ1n) is 9.65. The van der Waals surface area contributed by atoms with E-state index >= 15 is 0 Å². The maximum absolute atomic E-state index is 13.2. The average molecular weight is 474 g/mol. The highest BCUT2D eigenvalue weighted by atomic mass is 32.1. The summed E-state index contributed by atoms with van der Waals surface area (Å²) in [5.41, 5.74) is -2.10. The van der Waals surface area contributed by atoms with Gasteiger partial charge in [-0.2, -0.15) is 18.2 Å². The van der Waals surface area contributed by atoms with Crippen molar-refractivity contribution in [1.82, 2.24) is 19.7 Å². The Hall–Kier alpha value is -3.87. The summed E-state index contributed by atoms with van der Waals surface area (Å²) in [5, 5.41) is 19.7. The first kappa shape index (κ1) is 21.0. The number of fused-ring (bicyclic) bond motifs is 2. The monoisotopic (exact) mass is 474 g/mol. The van der Waals surface area contributed by atoms with Crippen LogP contribution in [0.4, 0.5) is 24.0 Å². The molecule has 168 valence electrons. The summed E-state index contributed by atoms with van der Waals surface area (Å²) in [6.45, 7) is 1.12. The van der Waals surface area contributed by atoms with Gasteiger partial charge in [0, 0.05) is 24.7 Å². The fourth-order valence-electron chi connectivity index (χ4n) is 3.70. The van der Waals surface area contributed by atoms with Crippen LogP contribution in [0.5, 0.6) is 0 Å². The van der Waals surface area contributed by atoms with Gasteiger partial charge < -0.3 is 9.47 Å². The van der Waals surface area contributed by atoms with Gasteiger partial charge in [0.15, 0.2) is 16.8 Å². The van der Waals surface area contributed by atoms with Crippen LogP contribution in [0.2, 0.25) is 0 Å². The number of rotatable bonds is 3. The van der Waals surface area contributed by atoms with Crippen LogP contribution < -0.4 is 10.5 Å². The van der Waals surface area contributed by atoms with Gasteiger partial charge in [-0.15, -0.1) is 10.2 Å². The Labute approximate surface area is 186 Å². The van der Waals surface area contributed by atoms with E-state index in [2.05, 4.69) is 15.2 Å². The standard InChI is InChI=1S/C20H13F3N6O3S/c21-20(22,23)12-8-13-16(14(9-12)29(31)32)33-19(24-18(13)30)27-6-7-28-15(10-27)25-26-17(28)11-4-2-1-3-5-11/h1-5,8-9H,6-7,10H2. The molecule has 9 nitrogen and oxygen atoms in total. The van der Waals surface area contributed by atoms with Gasteiger partial charge in [0.1, 0.15) is 4.70 Å². The number of non-ortho nitro benzene ring substituents is 1. The minimum absolute atomic E-state index is 0.153. The van der Waals surface area contributed by atoms with Gasteiger partial charge >= 0.3 is 6.18 Å². The second-order valence-corrected chi connectivity index (χ2v) is 8.29. The van der Waals surface area contributed by atoms with Crippen molar-refractivity contribution in [2.45, 2.75) is 19.3 Å². The molecule has 13 heteroatoms. The zero-order valence-corrected chi connectivity index (χ0v) is 17.4. The van der Waals surface area contributed by atoms with Crippen LogP contribution in [0.3, 0.4) is 0 Å². The number of nitrogens with zero attached hydrogens (tertiary/aromatic N) is 6. The smallest absolute Gasteiger partial charge is 0.339 e. The summed E-state index contributed by atoms with van der Waals surface area (Å²) < 4.78 is 41.3. The molecule has 0 spiro atoms. The Morgan fingerprint density at radius 2 is 1.85 bits per heavy atom. The molecule has 0 bridgehead atoms. The Bertz CT molecular complexity index is 1450. The molecule has 5 rings (SSSR count). The molecule has 0 saturated carbocycles. The lowest BCUT2D eigenvalue weighted by Gasteiger charge is -2.28. The molecular formula is C20H13F3N6O3S. The third-order valence-electron chi connectivity index (χ3n) is 5.27. The van der Waals surface area contributed by atoms with Gasteiger partial charge in [-0.1, -0.05) is 41.7 Å². The van der Waals surface area contributed by atoms with E-state index in [9.17, 15) is 28.1 Å². The van der Waals surface area contributed by atoms with Crippen LogP contribution in [0.25, 0.3) is 21.5 Å². The molecule has 0 aliphatic carbocycles. The van der Waals surface area contributed by atoms with Crippen LogP contribution >= 0.6 is 11.3 Å². The number of anilines is 1. The Balaban J connectivity index is 1.55. The maximum atomic E-state index is 13.2. The van der Waals surface area contributed by atoms with E-state index in [1.165, 1.54) is 0 Å². The molecule has 2 aromatic heterocycles. The fourth-order valence-corrected chi connectivity index (χ4v) is 4.79. The Kier molecular flexibility index (Phi) is 4.85. The number of aromatic nitrogens is 4. The van der Waals surface area contributed by atoms with Gasteiger partial charge in [0.25, 0.3) is 11.2 Å². The van der Waals surface area contributed by atoms with Gasteiger partial charge in [-0.05, 0) is 6.07 Å². The van der Waals surface area contributed by atoms with Crippen molar-refractivity contribution in [2.75, 3.05) is 11.4 Å². The van der Waals surface area contributed by atoms with Gasteiger partial charge in [0.05, 0.1) is 22.4 Å². The SMILES string of the molecule is O=c1nc(N2CCn3c(nnc3-c3ccccc3)C2)sc2c([N+](=O)[O-])cc(C(F)(F)F)cc12. The summed E-state index contributed by atoms with van der Waals surface area (Å²) in [5.74, 6) is 1.31. The Morgan fingerprint density at radius 1 is 1.09 bits per heavy atom. The maximum Gasteiger partial charge on any atom is 0.416 e. The summed E-state index contributed by atoms with van der Waals surface area (Å²) in [7, 11) is 0. The number of hydrogen-bond donors (Lipinski definition) is 0. The Morgan fingerprint density at radius 3 is 2.55 bits per heavy atom. The summed E-state index contributed by atoms with van der Waals surface area (Å²) in [4.78, 5) is 28.8. The van der Waals surface area contributed by atoms with Crippen molar-refractivity contribution < 1.29 is 18.1 Å². The highest BCUT2D eigenvalue weighted by Crippen LogP contribution is 2.38. The molecular weight excluding hydrogens is 461 g/mol. The molecule has 0 unspecified atom stereocenters. The lowest BCUT2D eigenvalue weighted by Crippen LogP contribution is -2.35.